The van der Waals surface area contributed by atoms with Crippen molar-refractivity contribution in [2.75, 3.05) is 0 Å². The maximum absolute atomic E-state index is 12.9. The summed E-state index contributed by atoms with van der Waals surface area (Å²) in [4.78, 5) is 0. The second-order valence-corrected chi connectivity index (χ2v) is 3.49. The average molecular weight is 238 g/mol. The molecule has 0 bridgehead atoms. The number of hydrogen-bond acceptors (Lipinski definition) is 1. The summed E-state index contributed by atoms with van der Waals surface area (Å²) in [7, 11) is 0. The van der Waals surface area contributed by atoms with E-state index in [0.717, 1.165) is 12.1 Å². The van der Waals surface area contributed by atoms with Crippen LogP contribution in [-0.4, -0.2) is 0 Å². The molecule has 0 saturated carbocycles. The molecule has 0 aliphatic rings. The molecule has 2 aromatic carbocycles. The van der Waals surface area contributed by atoms with Crippen LogP contribution in [0, 0.1) is 17.5 Å². The highest BCUT2D eigenvalue weighted by Crippen LogP contribution is 2.15. The lowest BCUT2D eigenvalue weighted by Gasteiger charge is -2.06. The van der Waals surface area contributed by atoms with Crippen LogP contribution in [-0.2, 0) is 6.61 Å². The molecule has 0 heterocycles. The molecule has 0 fully saturated rings. The smallest absolute Gasteiger partial charge is 0.159 e. The van der Waals surface area contributed by atoms with E-state index in [9.17, 15) is 13.2 Å². The van der Waals surface area contributed by atoms with Gasteiger partial charge in [-0.05, 0) is 29.8 Å². The first-order chi connectivity index (χ1) is 8.15. The summed E-state index contributed by atoms with van der Waals surface area (Å²) in [6.07, 6.45) is 0. The van der Waals surface area contributed by atoms with Crippen LogP contribution in [0.1, 0.15) is 5.56 Å². The van der Waals surface area contributed by atoms with Crippen molar-refractivity contribution in [1.82, 2.24) is 0 Å². The van der Waals surface area contributed by atoms with Crippen molar-refractivity contribution in [2.45, 2.75) is 6.61 Å². The highest BCUT2D eigenvalue weighted by Gasteiger charge is 2.03. The Morgan fingerprint density at radius 3 is 2.41 bits per heavy atom. The Morgan fingerprint density at radius 2 is 1.71 bits per heavy atom. The highest BCUT2D eigenvalue weighted by atomic mass is 19.2. The van der Waals surface area contributed by atoms with Crippen LogP contribution in [0.3, 0.4) is 0 Å². The fraction of sp³-hybridized carbons (Fsp3) is 0.0769. The maximum Gasteiger partial charge on any atom is 0.159 e. The molecule has 2 rings (SSSR count). The van der Waals surface area contributed by atoms with Gasteiger partial charge >= 0.3 is 0 Å². The van der Waals surface area contributed by atoms with E-state index in [1.165, 1.54) is 24.3 Å². The van der Waals surface area contributed by atoms with Crippen LogP contribution < -0.4 is 4.74 Å². The van der Waals surface area contributed by atoms with Gasteiger partial charge < -0.3 is 4.74 Å². The topological polar surface area (TPSA) is 9.23 Å². The molecule has 0 atom stereocenters. The minimum Gasteiger partial charge on any atom is -0.489 e. The molecule has 0 aliphatic heterocycles. The van der Waals surface area contributed by atoms with Crippen molar-refractivity contribution in [1.29, 1.82) is 0 Å². The van der Waals surface area contributed by atoms with E-state index in [1.54, 1.807) is 6.07 Å². The molecular formula is C13H9F3O. The molecule has 0 unspecified atom stereocenters. The average Bonchev–Trinajstić information content (AvgIpc) is 2.31. The Bertz CT molecular complexity index is 526. The molecule has 0 saturated heterocycles. The van der Waals surface area contributed by atoms with Crippen LogP contribution in [0.2, 0.25) is 0 Å². The maximum atomic E-state index is 12.9. The third kappa shape index (κ3) is 3.00. The second kappa shape index (κ2) is 4.91. The summed E-state index contributed by atoms with van der Waals surface area (Å²) >= 11 is 0. The Balaban J connectivity index is 2.05. The van der Waals surface area contributed by atoms with Crippen molar-refractivity contribution in [2.24, 2.45) is 0 Å². The van der Waals surface area contributed by atoms with Crippen molar-refractivity contribution in [3.05, 3.63) is 65.5 Å². The lowest BCUT2D eigenvalue weighted by molar-refractivity contribution is 0.303. The van der Waals surface area contributed by atoms with Crippen molar-refractivity contribution in [3.63, 3.8) is 0 Å². The number of halogens is 3. The first-order valence-electron chi connectivity index (χ1n) is 4.97. The second-order valence-electron chi connectivity index (χ2n) is 3.49. The van der Waals surface area contributed by atoms with Gasteiger partial charge in [0.25, 0.3) is 0 Å². The normalized spacial score (nSPS) is 10.3. The molecule has 0 aromatic heterocycles. The van der Waals surface area contributed by atoms with Crippen LogP contribution in [0.15, 0.2) is 42.5 Å². The molecule has 4 heteroatoms. The minimum atomic E-state index is -0.926. The predicted octanol–water partition coefficient (Wildman–Crippen LogP) is 3.68. The third-order valence-electron chi connectivity index (χ3n) is 2.19. The van der Waals surface area contributed by atoms with Crippen LogP contribution >= 0.6 is 0 Å². The van der Waals surface area contributed by atoms with E-state index in [0.29, 0.717) is 11.3 Å². The van der Waals surface area contributed by atoms with Crippen LogP contribution in [0.25, 0.3) is 0 Å². The van der Waals surface area contributed by atoms with Gasteiger partial charge in [0.05, 0.1) is 0 Å². The number of hydrogen-bond donors (Lipinski definition) is 0. The van der Waals surface area contributed by atoms with Gasteiger partial charge in [-0.1, -0.05) is 12.1 Å². The summed E-state index contributed by atoms with van der Waals surface area (Å²) < 4.78 is 43.6. The lowest BCUT2D eigenvalue weighted by Crippen LogP contribution is -1.97. The van der Waals surface area contributed by atoms with Gasteiger partial charge in [-0.3, -0.25) is 0 Å². The van der Waals surface area contributed by atoms with Gasteiger partial charge in [0.15, 0.2) is 11.6 Å². The zero-order valence-electron chi connectivity index (χ0n) is 8.79. The van der Waals surface area contributed by atoms with E-state index in [1.807, 2.05) is 0 Å². The molecule has 0 radical (unpaired) electrons. The van der Waals surface area contributed by atoms with E-state index in [2.05, 4.69) is 0 Å². The van der Waals surface area contributed by atoms with Gasteiger partial charge in [0.1, 0.15) is 18.2 Å². The third-order valence-corrected chi connectivity index (χ3v) is 2.19. The fourth-order valence-electron chi connectivity index (χ4n) is 1.35. The predicted molar refractivity (Wildman–Crippen MR) is 57.1 cm³/mol. The van der Waals surface area contributed by atoms with Crippen molar-refractivity contribution < 1.29 is 17.9 Å². The molecule has 1 nitrogen and oxygen atoms in total. The van der Waals surface area contributed by atoms with Gasteiger partial charge in [-0.15, -0.1) is 0 Å². The largest absolute Gasteiger partial charge is 0.489 e. The number of rotatable bonds is 3. The monoisotopic (exact) mass is 238 g/mol. The van der Waals surface area contributed by atoms with E-state index in [-0.39, 0.29) is 6.61 Å². The van der Waals surface area contributed by atoms with Gasteiger partial charge in [-0.2, -0.15) is 0 Å². The standard InChI is InChI=1S/C13H9F3O/c14-10-2-1-3-11(7-10)17-8-9-4-5-12(15)13(16)6-9/h1-7H,8H2. The fourth-order valence-corrected chi connectivity index (χ4v) is 1.35. The lowest BCUT2D eigenvalue weighted by atomic mass is 10.2. The summed E-state index contributed by atoms with van der Waals surface area (Å²) in [6.45, 7) is 0.0562. The zero-order valence-corrected chi connectivity index (χ0v) is 8.79. The van der Waals surface area contributed by atoms with E-state index in [4.69, 9.17) is 4.74 Å². The Morgan fingerprint density at radius 1 is 0.882 bits per heavy atom. The molecule has 88 valence electrons. The zero-order chi connectivity index (χ0) is 12.3. The number of benzene rings is 2. The molecular weight excluding hydrogens is 229 g/mol. The SMILES string of the molecule is Fc1cccc(OCc2ccc(F)c(F)c2)c1. The quantitative estimate of drug-likeness (QED) is 0.792. The highest BCUT2D eigenvalue weighted by molar-refractivity contribution is 5.23. The van der Waals surface area contributed by atoms with Crippen LogP contribution in [0.5, 0.6) is 5.75 Å². The first-order valence-corrected chi connectivity index (χ1v) is 4.97. The Labute approximate surface area is 96.5 Å². The van der Waals surface area contributed by atoms with Gasteiger partial charge in [0.2, 0.25) is 0 Å². The van der Waals surface area contributed by atoms with Gasteiger partial charge in [0, 0.05) is 6.07 Å². The minimum absolute atomic E-state index is 0.0562. The molecule has 0 spiro atoms. The Kier molecular flexibility index (Phi) is 3.32. The summed E-state index contributed by atoms with van der Waals surface area (Å²) in [6, 6.07) is 9.11. The van der Waals surface area contributed by atoms with Crippen molar-refractivity contribution >= 4 is 0 Å². The molecule has 17 heavy (non-hydrogen) atoms. The van der Waals surface area contributed by atoms with E-state index < -0.39 is 17.5 Å². The van der Waals surface area contributed by atoms with Gasteiger partial charge in [-0.25, -0.2) is 13.2 Å². The Hall–Kier alpha value is -1.97. The summed E-state index contributed by atoms with van der Waals surface area (Å²) in [5, 5.41) is 0. The molecule has 0 aliphatic carbocycles. The summed E-state index contributed by atoms with van der Waals surface area (Å²) in [5.74, 6) is -1.90. The molecule has 0 N–H and O–H groups in total. The number of ether oxygens (including phenoxy) is 1. The van der Waals surface area contributed by atoms with Crippen LogP contribution in [0.4, 0.5) is 13.2 Å². The van der Waals surface area contributed by atoms with E-state index >= 15 is 0 Å². The molecule has 0 amide bonds. The molecule has 2 aromatic rings. The first kappa shape index (κ1) is 11.5. The van der Waals surface area contributed by atoms with Crippen molar-refractivity contribution in [3.8, 4) is 5.75 Å². The summed E-state index contributed by atoms with van der Waals surface area (Å²) in [5.41, 5.74) is 0.480.